The second kappa shape index (κ2) is 5.58. The van der Waals surface area contributed by atoms with Gasteiger partial charge in [-0.2, -0.15) is 0 Å². The number of hydrogen-bond acceptors (Lipinski definition) is 4. The molecule has 118 valence electrons. The van der Waals surface area contributed by atoms with Crippen molar-refractivity contribution >= 4 is 29.0 Å². The van der Waals surface area contributed by atoms with Crippen molar-refractivity contribution in [3.05, 3.63) is 76.4 Å². The summed E-state index contributed by atoms with van der Waals surface area (Å²) in [7, 11) is 0. The number of rotatable bonds is 3. The number of benzene rings is 2. The smallest absolute Gasteiger partial charge is 0.329 e. The molecule has 0 heterocycles. The molecule has 6 heteroatoms. The first-order valence-corrected chi connectivity index (χ1v) is 6.98. The summed E-state index contributed by atoms with van der Waals surface area (Å²) in [4.78, 5) is 48.0. The van der Waals surface area contributed by atoms with Crippen molar-refractivity contribution in [3.63, 3.8) is 0 Å². The maximum Gasteiger partial charge on any atom is 0.329 e. The van der Waals surface area contributed by atoms with Crippen molar-refractivity contribution < 1.29 is 24.3 Å². The van der Waals surface area contributed by atoms with Gasteiger partial charge in [0, 0.05) is 28.3 Å². The van der Waals surface area contributed by atoms with E-state index in [2.05, 4.69) is 0 Å². The molecule has 1 aliphatic carbocycles. The van der Waals surface area contributed by atoms with Gasteiger partial charge in [0.1, 0.15) is 0 Å². The molecule has 0 saturated heterocycles. The molecule has 24 heavy (non-hydrogen) atoms. The zero-order chi connectivity index (χ0) is 17.4. The predicted molar refractivity (Wildman–Crippen MR) is 84.6 cm³/mol. The van der Waals surface area contributed by atoms with Crippen LogP contribution >= 0.6 is 0 Å². The average molecular weight is 321 g/mol. The van der Waals surface area contributed by atoms with Gasteiger partial charge >= 0.3 is 5.97 Å². The van der Waals surface area contributed by atoms with Crippen molar-refractivity contribution in [2.75, 3.05) is 0 Å². The molecule has 1 aliphatic rings. The van der Waals surface area contributed by atoms with Crippen LogP contribution in [0.15, 0.2) is 48.5 Å². The number of carboxylic acid groups (broad SMARTS) is 1. The summed E-state index contributed by atoms with van der Waals surface area (Å²) in [6, 6.07) is 10.7. The second-order valence-corrected chi connectivity index (χ2v) is 5.19. The number of hydrogen-bond donors (Lipinski definition) is 2. The Hall–Kier alpha value is -3.54. The zero-order valence-corrected chi connectivity index (χ0v) is 12.3. The fraction of sp³-hybridized carbons (Fsp3) is 0. The Labute approximate surface area is 136 Å². The Morgan fingerprint density at radius 2 is 1.46 bits per heavy atom. The summed E-state index contributed by atoms with van der Waals surface area (Å²) in [5, 5.41) is 8.94. The van der Waals surface area contributed by atoms with Gasteiger partial charge in [-0.25, -0.2) is 4.79 Å². The van der Waals surface area contributed by atoms with Crippen LogP contribution < -0.4 is 5.73 Å². The number of carbonyl (C=O) groups excluding carboxylic acids is 3. The highest BCUT2D eigenvalue weighted by molar-refractivity contribution is 6.32. The molecule has 3 rings (SSSR count). The van der Waals surface area contributed by atoms with Crippen LogP contribution in [0.3, 0.4) is 0 Å². The number of amides is 1. The van der Waals surface area contributed by atoms with Crippen LogP contribution in [-0.4, -0.2) is 28.5 Å². The molecular formula is C18H11NO5. The van der Waals surface area contributed by atoms with Gasteiger partial charge < -0.3 is 10.8 Å². The minimum absolute atomic E-state index is 0.00694. The summed E-state index contributed by atoms with van der Waals surface area (Å²) in [6.45, 7) is 0. The van der Waals surface area contributed by atoms with E-state index in [0.29, 0.717) is 6.08 Å². The van der Waals surface area contributed by atoms with E-state index in [-0.39, 0.29) is 39.2 Å². The van der Waals surface area contributed by atoms with Crippen LogP contribution in [0, 0.1) is 0 Å². The van der Waals surface area contributed by atoms with E-state index in [4.69, 9.17) is 10.8 Å². The molecule has 0 unspecified atom stereocenters. The lowest BCUT2D eigenvalue weighted by molar-refractivity contribution is -0.131. The van der Waals surface area contributed by atoms with Gasteiger partial charge in [0.15, 0.2) is 11.6 Å². The van der Waals surface area contributed by atoms with Crippen molar-refractivity contribution in [1.29, 1.82) is 0 Å². The van der Waals surface area contributed by atoms with Crippen LogP contribution in [-0.2, 0) is 9.59 Å². The van der Waals surface area contributed by atoms with Gasteiger partial charge in [0.05, 0.1) is 5.57 Å². The Balaban J connectivity index is 2.32. The molecule has 0 aliphatic heterocycles. The fourth-order valence-corrected chi connectivity index (χ4v) is 2.77. The first-order valence-electron chi connectivity index (χ1n) is 6.98. The highest BCUT2D eigenvalue weighted by Crippen LogP contribution is 2.32. The van der Waals surface area contributed by atoms with Gasteiger partial charge in [0.2, 0.25) is 5.91 Å². The first-order chi connectivity index (χ1) is 11.4. The molecule has 3 N–H and O–H groups in total. The normalized spacial score (nSPS) is 13.2. The molecule has 2 aromatic carbocycles. The highest BCUT2D eigenvalue weighted by atomic mass is 16.4. The van der Waals surface area contributed by atoms with Crippen molar-refractivity contribution in [1.82, 2.24) is 0 Å². The number of carboxylic acids is 1. The molecule has 6 nitrogen and oxygen atoms in total. The molecular weight excluding hydrogens is 310 g/mol. The molecule has 0 bridgehead atoms. The van der Waals surface area contributed by atoms with Gasteiger partial charge in [-0.15, -0.1) is 0 Å². The Kier molecular flexibility index (Phi) is 3.57. The average Bonchev–Trinajstić information content (AvgIpc) is 2.56. The lowest BCUT2D eigenvalue weighted by Gasteiger charge is -2.20. The number of ketones is 2. The number of carbonyl (C=O) groups is 4. The van der Waals surface area contributed by atoms with E-state index < -0.39 is 17.7 Å². The van der Waals surface area contributed by atoms with E-state index in [1.54, 1.807) is 18.2 Å². The minimum atomic E-state index is -1.38. The molecule has 0 aromatic heterocycles. The molecule has 0 fully saturated rings. The molecule has 1 amide bonds. The Bertz CT molecular complexity index is 956. The largest absolute Gasteiger partial charge is 0.478 e. The third-order valence-corrected chi connectivity index (χ3v) is 3.78. The molecule has 0 spiro atoms. The van der Waals surface area contributed by atoms with Crippen molar-refractivity contribution in [2.45, 2.75) is 0 Å². The van der Waals surface area contributed by atoms with Gasteiger partial charge in [-0.05, 0) is 5.56 Å². The predicted octanol–water partition coefficient (Wildman–Crippen LogP) is 1.42. The number of primary amides is 1. The van der Waals surface area contributed by atoms with E-state index in [1.807, 2.05) is 0 Å². The Morgan fingerprint density at radius 3 is 2.04 bits per heavy atom. The number of nitrogens with two attached hydrogens (primary N) is 1. The van der Waals surface area contributed by atoms with Crippen molar-refractivity contribution in [3.8, 4) is 0 Å². The van der Waals surface area contributed by atoms with E-state index in [1.165, 1.54) is 24.3 Å². The van der Waals surface area contributed by atoms with Crippen LogP contribution in [0.25, 0.3) is 5.57 Å². The molecule has 0 saturated carbocycles. The summed E-state index contributed by atoms with van der Waals surface area (Å²) >= 11 is 0. The fourth-order valence-electron chi connectivity index (χ4n) is 2.77. The molecule has 2 aromatic rings. The number of fused-ring (bicyclic) bond motifs is 2. The van der Waals surface area contributed by atoms with Gasteiger partial charge in [-0.1, -0.05) is 42.5 Å². The zero-order valence-electron chi connectivity index (χ0n) is 12.3. The van der Waals surface area contributed by atoms with Crippen LogP contribution in [0.2, 0.25) is 0 Å². The summed E-state index contributed by atoms with van der Waals surface area (Å²) < 4.78 is 0. The molecule has 0 radical (unpaired) electrons. The van der Waals surface area contributed by atoms with Crippen molar-refractivity contribution in [2.24, 2.45) is 5.73 Å². The SMILES string of the molecule is NC(=O)/C(=C\C(=O)O)c1cccc2c1C(=O)c1ccccc1C2=O. The van der Waals surface area contributed by atoms with E-state index >= 15 is 0 Å². The first kappa shape index (κ1) is 15.4. The summed E-state index contributed by atoms with van der Waals surface area (Å²) in [6.07, 6.45) is 0.635. The standard InChI is InChI=1S/C18H11NO5/c19-18(24)13(8-14(20)21)9-6-3-7-12-15(9)17(23)11-5-2-1-4-10(11)16(12)22/h1-8H,(H2,19,24)(H,20,21)/b13-8-. The minimum Gasteiger partial charge on any atom is -0.478 e. The summed E-state index contributed by atoms with van der Waals surface area (Å²) in [5.74, 6) is -3.18. The topological polar surface area (TPSA) is 115 Å². The third-order valence-electron chi connectivity index (χ3n) is 3.78. The Morgan fingerprint density at radius 1 is 0.875 bits per heavy atom. The molecule has 0 atom stereocenters. The summed E-state index contributed by atoms with van der Waals surface area (Å²) in [5.41, 5.74) is 5.56. The van der Waals surface area contributed by atoms with E-state index in [0.717, 1.165) is 0 Å². The van der Waals surface area contributed by atoms with E-state index in [9.17, 15) is 19.2 Å². The maximum atomic E-state index is 12.8. The van der Waals surface area contributed by atoms with Crippen LogP contribution in [0.1, 0.15) is 37.4 Å². The highest BCUT2D eigenvalue weighted by Gasteiger charge is 2.32. The number of aliphatic carboxylic acids is 1. The lowest BCUT2D eigenvalue weighted by atomic mass is 9.80. The quantitative estimate of drug-likeness (QED) is 0.708. The third kappa shape index (κ3) is 2.30. The monoisotopic (exact) mass is 321 g/mol. The van der Waals surface area contributed by atoms with Crippen LogP contribution in [0.4, 0.5) is 0 Å². The maximum absolute atomic E-state index is 12.8. The lowest BCUT2D eigenvalue weighted by Crippen LogP contribution is -2.24. The second-order valence-electron chi connectivity index (χ2n) is 5.19. The van der Waals surface area contributed by atoms with Gasteiger partial charge in [-0.3, -0.25) is 14.4 Å². The van der Waals surface area contributed by atoms with Gasteiger partial charge in [0.25, 0.3) is 0 Å². The van der Waals surface area contributed by atoms with Crippen LogP contribution in [0.5, 0.6) is 0 Å².